The third-order valence-corrected chi connectivity index (χ3v) is 5.26. The Morgan fingerprint density at radius 1 is 1.10 bits per heavy atom. The van der Waals surface area contributed by atoms with Gasteiger partial charge >= 0.3 is 0 Å². The first kappa shape index (κ1) is 20.9. The van der Waals surface area contributed by atoms with E-state index < -0.39 is 0 Å². The van der Waals surface area contributed by atoms with Crippen molar-refractivity contribution in [3.63, 3.8) is 0 Å². The molecule has 29 heavy (non-hydrogen) atoms. The number of amides is 1. The highest BCUT2D eigenvalue weighted by molar-refractivity contribution is 5.95. The molecule has 0 bridgehead atoms. The standard InChI is InChI=1S/C24H30N2O3/c1-4-7-20-14-21(15-22(28-2)23(20)29-3)24(27)25-16-18-8-10-19(11-9-18)17-26-12-5-6-13-26/h4,8-11,14-15H,1,5-7,12-13,16-17H2,2-3H3,(H,25,27). The SMILES string of the molecule is C=CCc1cc(C(=O)NCc2ccc(CN3CCCC3)cc2)cc(OC)c1OC. The highest BCUT2D eigenvalue weighted by Gasteiger charge is 2.16. The number of benzene rings is 2. The van der Waals surface area contributed by atoms with Crippen LogP contribution in [0, 0.1) is 0 Å². The van der Waals surface area contributed by atoms with Crippen molar-refractivity contribution in [1.82, 2.24) is 10.2 Å². The van der Waals surface area contributed by atoms with Crippen molar-refractivity contribution in [2.24, 2.45) is 0 Å². The number of nitrogens with one attached hydrogen (secondary N) is 1. The van der Waals surface area contributed by atoms with E-state index in [0.717, 1.165) is 17.7 Å². The lowest BCUT2D eigenvalue weighted by Gasteiger charge is -2.15. The maximum Gasteiger partial charge on any atom is 0.251 e. The lowest BCUT2D eigenvalue weighted by atomic mass is 10.0. The molecule has 2 aromatic carbocycles. The summed E-state index contributed by atoms with van der Waals surface area (Å²) in [4.78, 5) is 15.2. The normalized spacial score (nSPS) is 13.9. The van der Waals surface area contributed by atoms with Gasteiger partial charge in [0.05, 0.1) is 14.2 Å². The highest BCUT2D eigenvalue weighted by Crippen LogP contribution is 2.33. The Morgan fingerprint density at radius 2 is 1.79 bits per heavy atom. The van der Waals surface area contributed by atoms with Crippen LogP contribution in [0.25, 0.3) is 0 Å². The number of likely N-dealkylation sites (tertiary alicyclic amines) is 1. The van der Waals surface area contributed by atoms with Crippen LogP contribution in [0.2, 0.25) is 0 Å². The monoisotopic (exact) mass is 394 g/mol. The molecule has 1 aliphatic rings. The minimum Gasteiger partial charge on any atom is -0.493 e. The molecule has 0 saturated carbocycles. The van der Waals surface area contributed by atoms with Gasteiger partial charge < -0.3 is 14.8 Å². The average molecular weight is 395 g/mol. The quantitative estimate of drug-likeness (QED) is 0.654. The van der Waals surface area contributed by atoms with Gasteiger partial charge in [-0.3, -0.25) is 9.69 Å². The van der Waals surface area contributed by atoms with E-state index >= 15 is 0 Å². The van der Waals surface area contributed by atoms with Crippen LogP contribution in [-0.2, 0) is 19.5 Å². The van der Waals surface area contributed by atoms with Crippen LogP contribution in [0.15, 0.2) is 49.1 Å². The minimum absolute atomic E-state index is 0.141. The summed E-state index contributed by atoms with van der Waals surface area (Å²) >= 11 is 0. The second-order valence-corrected chi connectivity index (χ2v) is 7.35. The molecule has 5 nitrogen and oxygen atoms in total. The van der Waals surface area contributed by atoms with Crippen molar-refractivity contribution < 1.29 is 14.3 Å². The van der Waals surface area contributed by atoms with Crippen molar-refractivity contribution in [3.05, 3.63) is 71.3 Å². The number of hydrogen-bond donors (Lipinski definition) is 1. The second-order valence-electron chi connectivity index (χ2n) is 7.35. The number of carbonyl (C=O) groups excluding carboxylic acids is 1. The maximum absolute atomic E-state index is 12.7. The zero-order chi connectivity index (χ0) is 20.6. The number of rotatable bonds is 9. The van der Waals surface area contributed by atoms with Crippen molar-refractivity contribution in [2.75, 3.05) is 27.3 Å². The Hall–Kier alpha value is -2.79. The van der Waals surface area contributed by atoms with Crippen LogP contribution in [-0.4, -0.2) is 38.1 Å². The van der Waals surface area contributed by atoms with E-state index in [1.165, 1.54) is 31.5 Å². The molecule has 154 valence electrons. The number of nitrogens with zero attached hydrogens (tertiary/aromatic N) is 1. The number of allylic oxidation sites excluding steroid dienone is 1. The molecule has 3 rings (SSSR count). The van der Waals surface area contributed by atoms with Gasteiger partial charge in [0.15, 0.2) is 11.5 Å². The Kier molecular flexibility index (Phi) is 7.30. The van der Waals surface area contributed by atoms with Gasteiger partial charge in [-0.25, -0.2) is 0 Å². The summed E-state index contributed by atoms with van der Waals surface area (Å²) in [6.45, 7) is 7.64. The van der Waals surface area contributed by atoms with Gasteiger partial charge in [0.2, 0.25) is 0 Å². The molecule has 0 spiro atoms. The zero-order valence-corrected chi connectivity index (χ0v) is 17.4. The van der Waals surface area contributed by atoms with E-state index in [-0.39, 0.29) is 5.91 Å². The first-order valence-corrected chi connectivity index (χ1v) is 10.1. The fourth-order valence-corrected chi connectivity index (χ4v) is 3.73. The van der Waals surface area contributed by atoms with Gasteiger partial charge in [0.1, 0.15) is 0 Å². The molecule has 0 unspecified atom stereocenters. The topological polar surface area (TPSA) is 50.8 Å². The molecule has 1 aliphatic heterocycles. The van der Waals surface area contributed by atoms with Gasteiger partial charge in [-0.1, -0.05) is 30.3 Å². The van der Waals surface area contributed by atoms with Crippen molar-refractivity contribution in [1.29, 1.82) is 0 Å². The second kappa shape index (κ2) is 10.1. The smallest absolute Gasteiger partial charge is 0.251 e. The Bertz CT molecular complexity index is 840. The zero-order valence-electron chi connectivity index (χ0n) is 17.4. The molecule has 5 heteroatoms. The molecule has 0 aromatic heterocycles. The van der Waals surface area contributed by atoms with E-state index in [1.807, 2.05) is 6.07 Å². The number of hydrogen-bond acceptors (Lipinski definition) is 4. The van der Waals surface area contributed by atoms with Gasteiger partial charge in [0.25, 0.3) is 5.91 Å². The number of carbonyl (C=O) groups is 1. The molecule has 2 aromatic rings. The predicted molar refractivity (Wildman–Crippen MR) is 116 cm³/mol. The Balaban J connectivity index is 1.64. The molecule has 1 N–H and O–H groups in total. The lowest BCUT2D eigenvalue weighted by molar-refractivity contribution is 0.0950. The summed E-state index contributed by atoms with van der Waals surface area (Å²) in [6.07, 6.45) is 4.98. The van der Waals surface area contributed by atoms with Crippen LogP contribution in [0.3, 0.4) is 0 Å². The summed E-state index contributed by atoms with van der Waals surface area (Å²) in [5.74, 6) is 1.04. The van der Waals surface area contributed by atoms with E-state index in [9.17, 15) is 4.79 Å². The van der Waals surface area contributed by atoms with E-state index in [2.05, 4.69) is 41.1 Å². The number of ether oxygens (including phenoxy) is 2. The molecule has 0 aliphatic carbocycles. The van der Waals surface area contributed by atoms with Crippen LogP contribution >= 0.6 is 0 Å². The Labute approximate surface area is 173 Å². The van der Waals surface area contributed by atoms with Gasteiger partial charge in [-0.15, -0.1) is 6.58 Å². The van der Waals surface area contributed by atoms with E-state index in [0.29, 0.717) is 30.0 Å². The molecule has 1 amide bonds. The fourth-order valence-electron chi connectivity index (χ4n) is 3.73. The average Bonchev–Trinajstić information content (AvgIpc) is 3.25. The van der Waals surface area contributed by atoms with Crippen LogP contribution in [0.5, 0.6) is 11.5 Å². The first-order chi connectivity index (χ1) is 14.1. The summed E-state index contributed by atoms with van der Waals surface area (Å²) in [6, 6.07) is 12.0. The third kappa shape index (κ3) is 5.39. The van der Waals surface area contributed by atoms with Gasteiger partial charge in [-0.2, -0.15) is 0 Å². The maximum atomic E-state index is 12.7. The summed E-state index contributed by atoms with van der Waals surface area (Å²) in [5.41, 5.74) is 3.81. The number of methoxy groups -OCH3 is 2. The van der Waals surface area contributed by atoms with Gasteiger partial charge in [-0.05, 0) is 55.6 Å². The lowest BCUT2D eigenvalue weighted by Crippen LogP contribution is -2.23. The van der Waals surface area contributed by atoms with E-state index in [1.54, 1.807) is 26.4 Å². The minimum atomic E-state index is -0.141. The summed E-state index contributed by atoms with van der Waals surface area (Å²) in [5, 5.41) is 2.99. The van der Waals surface area contributed by atoms with Crippen molar-refractivity contribution >= 4 is 5.91 Å². The van der Waals surface area contributed by atoms with Crippen LogP contribution in [0.1, 0.15) is 39.9 Å². The van der Waals surface area contributed by atoms with E-state index in [4.69, 9.17) is 9.47 Å². The third-order valence-electron chi connectivity index (χ3n) is 5.26. The predicted octanol–water partition coefficient (Wildman–Crippen LogP) is 3.96. The molecular weight excluding hydrogens is 364 g/mol. The molecule has 0 radical (unpaired) electrons. The molecule has 1 fully saturated rings. The highest BCUT2D eigenvalue weighted by atomic mass is 16.5. The van der Waals surface area contributed by atoms with Gasteiger partial charge in [0, 0.05) is 24.2 Å². The summed E-state index contributed by atoms with van der Waals surface area (Å²) in [7, 11) is 3.17. The van der Waals surface area contributed by atoms with Crippen molar-refractivity contribution in [2.45, 2.75) is 32.4 Å². The Morgan fingerprint density at radius 3 is 2.41 bits per heavy atom. The largest absolute Gasteiger partial charge is 0.493 e. The first-order valence-electron chi connectivity index (χ1n) is 10.1. The molecular formula is C24H30N2O3. The fraction of sp³-hybridized carbons (Fsp3) is 0.375. The van der Waals surface area contributed by atoms with Crippen LogP contribution in [0.4, 0.5) is 0 Å². The van der Waals surface area contributed by atoms with Crippen molar-refractivity contribution in [3.8, 4) is 11.5 Å². The molecule has 1 heterocycles. The molecule has 0 atom stereocenters. The summed E-state index contributed by atoms with van der Waals surface area (Å²) < 4.78 is 10.8. The van der Waals surface area contributed by atoms with Crippen LogP contribution < -0.4 is 14.8 Å². The molecule has 1 saturated heterocycles.